The topological polar surface area (TPSA) is 56.3 Å². The predicted octanol–water partition coefficient (Wildman–Crippen LogP) is 3.56. The molecule has 0 saturated heterocycles. The van der Waals surface area contributed by atoms with E-state index in [4.69, 9.17) is 4.74 Å². The molecule has 0 spiro atoms. The maximum absolute atomic E-state index is 11.6. The van der Waals surface area contributed by atoms with Crippen molar-refractivity contribution < 1.29 is 14.3 Å². The second-order valence-corrected chi connectivity index (χ2v) is 5.39. The van der Waals surface area contributed by atoms with E-state index in [1.807, 2.05) is 29.6 Å². The van der Waals surface area contributed by atoms with Gasteiger partial charge in [0.15, 0.2) is 6.29 Å². The third kappa shape index (κ3) is 2.43. The standard InChI is InChI=1S/C16H11NO3S/c1-20-16(19)12-7-13(14(9-18)17-8-12)10-2-3-15-11(6-10)4-5-21-15/h2-9H,1H3. The molecule has 4 nitrogen and oxygen atoms in total. The van der Waals surface area contributed by atoms with Crippen LogP contribution in [0.3, 0.4) is 0 Å². The van der Waals surface area contributed by atoms with Crippen molar-refractivity contribution in [2.45, 2.75) is 0 Å². The Kier molecular flexibility index (Phi) is 3.50. The van der Waals surface area contributed by atoms with Crippen molar-refractivity contribution in [2.75, 3.05) is 7.11 Å². The van der Waals surface area contributed by atoms with Gasteiger partial charge < -0.3 is 4.74 Å². The third-order valence-corrected chi connectivity index (χ3v) is 4.11. The van der Waals surface area contributed by atoms with Crippen LogP contribution < -0.4 is 0 Å². The fourth-order valence-corrected chi connectivity index (χ4v) is 2.94. The second kappa shape index (κ2) is 5.46. The fraction of sp³-hybridized carbons (Fsp3) is 0.0625. The molecule has 0 aliphatic rings. The Morgan fingerprint density at radius 2 is 2.14 bits per heavy atom. The van der Waals surface area contributed by atoms with Gasteiger partial charge in [0.25, 0.3) is 0 Å². The number of aldehydes is 1. The molecule has 1 aromatic carbocycles. The van der Waals surface area contributed by atoms with Crippen LogP contribution in [-0.2, 0) is 4.74 Å². The lowest BCUT2D eigenvalue weighted by Gasteiger charge is -2.07. The summed E-state index contributed by atoms with van der Waals surface area (Å²) in [6.07, 6.45) is 2.04. The fourth-order valence-electron chi connectivity index (χ4n) is 2.16. The molecule has 0 radical (unpaired) electrons. The lowest BCUT2D eigenvalue weighted by atomic mass is 10.0. The number of pyridine rings is 1. The van der Waals surface area contributed by atoms with Gasteiger partial charge in [0.05, 0.1) is 12.7 Å². The molecule has 0 unspecified atom stereocenters. The van der Waals surface area contributed by atoms with E-state index in [0.29, 0.717) is 23.1 Å². The Balaban J connectivity index is 2.18. The van der Waals surface area contributed by atoms with Gasteiger partial charge in [-0.15, -0.1) is 11.3 Å². The number of carbonyl (C=O) groups excluding carboxylic acids is 2. The van der Waals surface area contributed by atoms with Crippen LogP contribution in [0.5, 0.6) is 0 Å². The zero-order chi connectivity index (χ0) is 14.8. The number of thiophene rings is 1. The first kappa shape index (κ1) is 13.5. The molecule has 0 amide bonds. The molecule has 0 N–H and O–H groups in total. The van der Waals surface area contributed by atoms with Gasteiger partial charge in [-0.05, 0) is 40.6 Å². The molecule has 5 heteroatoms. The first-order chi connectivity index (χ1) is 10.2. The molecule has 2 aromatic heterocycles. The average Bonchev–Trinajstić information content (AvgIpc) is 3.01. The van der Waals surface area contributed by atoms with E-state index in [9.17, 15) is 9.59 Å². The molecule has 21 heavy (non-hydrogen) atoms. The summed E-state index contributed by atoms with van der Waals surface area (Å²) in [6.45, 7) is 0. The van der Waals surface area contributed by atoms with Gasteiger partial charge in [-0.3, -0.25) is 9.78 Å². The number of ether oxygens (including phenoxy) is 1. The van der Waals surface area contributed by atoms with Gasteiger partial charge >= 0.3 is 5.97 Å². The highest BCUT2D eigenvalue weighted by Crippen LogP contribution is 2.29. The number of esters is 1. The first-order valence-corrected chi connectivity index (χ1v) is 7.12. The van der Waals surface area contributed by atoms with Crippen LogP contribution in [0.15, 0.2) is 41.9 Å². The van der Waals surface area contributed by atoms with E-state index < -0.39 is 5.97 Å². The summed E-state index contributed by atoms with van der Waals surface area (Å²) in [5.41, 5.74) is 2.10. The Morgan fingerprint density at radius 3 is 2.90 bits per heavy atom. The van der Waals surface area contributed by atoms with Crippen molar-refractivity contribution in [2.24, 2.45) is 0 Å². The molecule has 0 aliphatic carbocycles. The summed E-state index contributed by atoms with van der Waals surface area (Å²) < 4.78 is 5.86. The van der Waals surface area contributed by atoms with Crippen LogP contribution in [-0.4, -0.2) is 24.3 Å². The van der Waals surface area contributed by atoms with Crippen LogP contribution in [0, 0.1) is 0 Å². The number of nitrogens with zero attached hydrogens (tertiary/aromatic N) is 1. The van der Waals surface area contributed by atoms with Gasteiger partial charge in [0, 0.05) is 16.5 Å². The minimum absolute atomic E-state index is 0.303. The minimum atomic E-state index is -0.474. The molecule has 2 heterocycles. The first-order valence-electron chi connectivity index (χ1n) is 6.24. The van der Waals surface area contributed by atoms with Crippen LogP contribution in [0.25, 0.3) is 21.2 Å². The van der Waals surface area contributed by atoms with Crippen molar-refractivity contribution >= 4 is 33.7 Å². The molecule has 0 bridgehead atoms. The number of hydrogen-bond donors (Lipinski definition) is 0. The number of rotatable bonds is 3. The van der Waals surface area contributed by atoms with E-state index in [0.717, 1.165) is 10.9 Å². The minimum Gasteiger partial charge on any atom is -0.465 e. The Hall–Kier alpha value is -2.53. The zero-order valence-electron chi connectivity index (χ0n) is 11.2. The zero-order valence-corrected chi connectivity index (χ0v) is 12.0. The molecular formula is C16H11NO3S. The van der Waals surface area contributed by atoms with Crippen molar-refractivity contribution in [3.63, 3.8) is 0 Å². The molecule has 0 atom stereocenters. The molecule has 3 rings (SSSR count). The number of hydrogen-bond acceptors (Lipinski definition) is 5. The van der Waals surface area contributed by atoms with Gasteiger partial charge in [0.1, 0.15) is 5.69 Å². The van der Waals surface area contributed by atoms with E-state index in [-0.39, 0.29) is 0 Å². The van der Waals surface area contributed by atoms with E-state index in [1.165, 1.54) is 18.0 Å². The van der Waals surface area contributed by atoms with Crippen LogP contribution in [0.4, 0.5) is 0 Å². The second-order valence-electron chi connectivity index (χ2n) is 4.44. The van der Waals surface area contributed by atoms with Gasteiger partial charge in [-0.25, -0.2) is 4.79 Å². The van der Waals surface area contributed by atoms with Crippen molar-refractivity contribution in [1.29, 1.82) is 0 Å². The largest absolute Gasteiger partial charge is 0.465 e. The van der Waals surface area contributed by atoms with Gasteiger partial charge in [0.2, 0.25) is 0 Å². The number of fused-ring (bicyclic) bond motifs is 1. The maximum atomic E-state index is 11.6. The number of carbonyl (C=O) groups is 2. The Labute approximate surface area is 125 Å². The average molecular weight is 297 g/mol. The third-order valence-electron chi connectivity index (χ3n) is 3.21. The number of methoxy groups -OCH3 is 1. The summed E-state index contributed by atoms with van der Waals surface area (Å²) in [5, 5.41) is 3.11. The van der Waals surface area contributed by atoms with Gasteiger partial charge in [-0.2, -0.15) is 0 Å². The molecule has 104 valence electrons. The summed E-state index contributed by atoms with van der Waals surface area (Å²) >= 11 is 1.65. The molecule has 0 saturated carbocycles. The Bertz CT molecular complexity index is 838. The Morgan fingerprint density at radius 1 is 1.29 bits per heavy atom. The quantitative estimate of drug-likeness (QED) is 0.548. The van der Waals surface area contributed by atoms with E-state index in [1.54, 1.807) is 17.4 Å². The van der Waals surface area contributed by atoms with Crippen molar-refractivity contribution in [3.05, 3.63) is 53.2 Å². The molecule has 3 aromatic rings. The summed E-state index contributed by atoms with van der Waals surface area (Å²) in [4.78, 5) is 26.9. The van der Waals surface area contributed by atoms with Crippen molar-refractivity contribution in [1.82, 2.24) is 4.98 Å². The lowest BCUT2D eigenvalue weighted by molar-refractivity contribution is 0.0600. The van der Waals surface area contributed by atoms with Gasteiger partial charge in [-0.1, -0.05) is 6.07 Å². The highest BCUT2D eigenvalue weighted by molar-refractivity contribution is 7.17. The summed E-state index contributed by atoms with van der Waals surface area (Å²) in [7, 11) is 1.31. The highest BCUT2D eigenvalue weighted by Gasteiger charge is 2.13. The normalized spacial score (nSPS) is 10.5. The molecule has 0 fully saturated rings. The monoisotopic (exact) mass is 297 g/mol. The highest BCUT2D eigenvalue weighted by atomic mass is 32.1. The van der Waals surface area contributed by atoms with E-state index >= 15 is 0 Å². The summed E-state index contributed by atoms with van der Waals surface area (Å²) in [6, 6.07) is 9.55. The smallest absolute Gasteiger partial charge is 0.339 e. The molecule has 0 aliphatic heterocycles. The maximum Gasteiger partial charge on any atom is 0.339 e. The van der Waals surface area contributed by atoms with Crippen LogP contribution in [0.2, 0.25) is 0 Å². The SMILES string of the molecule is COC(=O)c1cnc(C=O)c(-c2ccc3sccc3c2)c1. The number of aromatic nitrogens is 1. The molecular weight excluding hydrogens is 286 g/mol. The summed E-state index contributed by atoms with van der Waals surface area (Å²) in [5.74, 6) is -0.474. The van der Waals surface area contributed by atoms with Crippen LogP contribution >= 0.6 is 11.3 Å². The van der Waals surface area contributed by atoms with Crippen molar-refractivity contribution in [3.8, 4) is 11.1 Å². The number of benzene rings is 1. The van der Waals surface area contributed by atoms with Crippen LogP contribution in [0.1, 0.15) is 20.8 Å². The lowest BCUT2D eigenvalue weighted by Crippen LogP contribution is -2.04. The van der Waals surface area contributed by atoms with E-state index in [2.05, 4.69) is 4.98 Å². The predicted molar refractivity (Wildman–Crippen MR) is 81.8 cm³/mol.